The number of carbonyl (C=O) groups excluding carboxylic acids is 1. The molecule has 6 heteroatoms. The van der Waals surface area contributed by atoms with Gasteiger partial charge in [0.25, 0.3) is 0 Å². The number of para-hydroxylation sites is 2. The number of carbonyl (C=O) groups is 1. The topological polar surface area (TPSA) is 67.3 Å². The minimum atomic E-state index is -0.103. The number of benzene rings is 2. The van der Waals surface area contributed by atoms with Gasteiger partial charge in [0.1, 0.15) is 5.75 Å². The lowest BCUT2D eigenvalue weighted by molar-refractivity contribution is -0.115. The Morgan fingerprint density at radius 1 is 1.04 bits per heavy atom. The first-order valence-corrected chi connectivity index (χ1v) is 9.76. The van der Waals surface area contributed by atoms with E-state index in [1.807, 2.05) is 55.5 Å². The van der Waals surface area contributed by atoms with Crippen LogP contribution in [0.5, 0.6) is 5.75 Å². The summed E-state index contributed by atoms with van der Waals surface area (Å²) in [6.45, 7) is 4.45. The molecule has 4 rings (SSSR count). The van der Waals surface area contributed by atoms with Gasteiger partial charge in [-0.05, 0) is 49.6 Å². The van der Waals surface area contributed by atoms with Crippen molar-refractivity contribution in [2.75, 3.05) is 29.9 Å². The quantitative estimate of drug-likeness (QED) is 0.709. The maximum atomic E-state index is 12.7. The second-order valence-corrected chi connectivity index (χ2v) is 6.88. The first kappa shape index (κ1) is 18.2. The van der Waals surface area contributed by atoms with Crippen molar-refractivity contribution in [2.45, 2.75) is 26.2 Å². The van der Waals surface area contributed by atoms with Crippen LogP contribution in [0.25, 0.3) is 11.0 Å². The van der Waals surface area contributed by atoms with Gasteiger partial charge in [0.05, 0.1) is 24.1 Å². The average Bonchev–Trinajstić information content (AvgIpc) is 3.24. The van der Waals surface area contributed by atoms with Crippen molar-refractivity contribution in [1.82, 2.24) is 9.97 Å². The Hall–Kier alpha value is -3.15. The molecule has 144 valence electrons. The van der Waals surface area contributed by atoms with Crippen LogP contribution in [-0.2, 0) is 11.2 Å². The third-order valence-electron chi connectivity index (χ3n) is 4.81. The highest BCUT2D eigenvalue weighted by molar-refractivity contribution is 5.95. The number of anilines is 2. The van der Waals surface area contributed by atoms with Crippen LogP contribution in [0.3, 0.4) is 0 Å². The molecule has 2 aromatic carbocycles. The second kappa shape index (κ2) is 8.25. The predicted octanol–water partition coefficient (Wildman–Crippen LogP) is 3.81. The van der Waals surface area contributed by atoms with Crippen molar-refractivity contribution < 1.29 is 9.53 Å². The fourth-order valence-corrected chi connectivity index (χ4v) is 3.46. The number of nitrogens with zero attached hydrogens (tertiary/aromatic N) is 3. The molecule has 1 aliphatic rings. The molecular weight excluding hydrogens is 352 g/mol. The van der Waals surface area contributed by atoms with Crippen LogP contribution in [0, 0.1) is 0 Å². The molecule has 3 aromatic rings. The number of amides is 1. The van der Waals surface area contributed by atoms with Gasteiger partial charge in [-0.25, -0.2) is 9.97 Å². The molecule has 1 fully saturated rings. The number of aromatic nitrogens is 2. The van der Waals surface area contributed by atoms with Crippen molar-refractivity contribution in [3.63, 3.8) is 0 Å². The summed E-state index contributed by atoms with van der Waals surface area (Å²) in [6.07, 6.45) is 2.54. The SMILES string of the molecule is CCOc1ccc(CC(=O)Nc2nc3ccccc3nc2N2CCCC2)cc1. The van der Waals surface area contributed by atoms with Gasteiger partial charge in [0, 0.05) is 13.1 Å². The molecule has 1 aliphatic heterocycles. The van der Waals surface area contributed by atoms with Gasteiger partial charge < -0.3 is 15.0 Å². The molecule has 0 spiro atoms. The molecule has 0 unspecified atom stereocenters. The molecule has 2 heterocycles. The van der Waals surface area contributed by atoms with E-state index in [4.69, 9.17) is 9.72 Å². The second-order valence-electron chi connectivity index (χ2n) is 6.88. The zero-order chi connectivity index (χ0) is 19.3. The molecular formula is C22H24N4O2. The molecule has 0 atom stereocenters. The Kier molecular flexibility index (Phi) is 5.37. The summed E-state index contributed by atoms with van der Waals surface area (Å²) < 4.78 is 5.45. The minimum Gasteiger partial charge on any atom is -0.494 e. The maximum Gasteiger partial charge on any atom is 0.230 e. The third kappa shape index (κ3) is 4.06. The Balaban J connectivity index is 1.55. The molecule has 28 heavy (non-hydrogen) atoms. The van der Waals surface area contributed by atoms with Crippen LogP contribution in [0.2, 0.25) is 0 Å². The van der Waals surface area contributed by atoms with E-state index in [0.29, 0.717) is 12.4 Å². The average molecular weight is 376 g/mol. The highest BCUT2D eigenvalue weighted by Gasteiger charge is 2.20. The largest absolute Gasteiger partial charge is 0.494 e. The Morgan fingerprint density at radius 2 is 1.71 bits per heavy atom. The lowest BCUT2D eigenvalue weighted by atomic mass is 10.1. The molecule has 0 bridgehead atoms. The number of hydrogen-bond acceptors (Lipinski definition) is 5. The highest BCUT2D eigenvalue weighted by Crippen LogP contribution is 2.28. The number of fused-ring (bicyclic) bond motifs is 1. The van der Waals surface area contributed by atoms with Gasteiger partial charge in [-0.3, -0.25) is 4.79 Å². The van der Waals surface area contributed by atoms with E-state index in [2.05, 4.69) is 15.2 Å². The molecule has 1 aromatic heterocycles. The van der Waals surface area contributed by atoms with Crippen LogP contribution >= 0.6 is 0 Å². The van der Waals surface area contributed by atoms with Crippen molar-refractivity contribution in [2.24, 2.45) is 0 Å². The van der Waals surface area contributed by atoms with E-state index in [1.165, 1.54) is 0 Å². The Bertz CT molecular complexity index is 966. The van der Waals surface area contributed by atoms with Crippen LogP contribution in [0.15, 0.2) is 48.5 Å². The molecule has 1 saturated heterocycles. The first-order chi connectivity index (χ1) is 13.7. The normalized spacial score (nSPS) is 13.7. The summed E-state index contributed by atoms with van der Waals surface area (Å²) in [6, 6.07) is 15.4. The minimum absolute atomic E-state index is 0.103. The third-order valence-corrected chi connectivity index (χ3v) is 4.81. The van der Waals surface area contributed by atoms with E-state index in [9.17, 15) is 4.79 Å². The van der Waals surface area contributed by atoms with Gasteiger partial charge >= 0.3 is 0 Å². The summed E-state index contributed by atoms with van der Waals surface area (Å²) in [5.74, 6) is 2.00. The van der Waals surface area contributed by atoms with Gasteiger partial charge in [0.15, 0.2) is 11.6 Å². The van der Waals surface area contributed by atoms with Gasteiger partial charge in [-0.15, -0.1) is 0 Å². The van der Waals surface area contributed by atoms with Gasteiger partial charge in [0.2, 0.25) is 5.91 Å². The molecule has 0 aliphatic carbocycles. The van der Waals surface area contributed by atoms with Crippen LogP contribution in [0.4, 0.5) is 11.6 Å². The molecule has 0 saturated carbocycles. The van der Waals surface area contributed by atoms with E-state index in [0.717, 1.165) is 54.1 Å². The number of hydrogen-bond donors (Lipinski definition) is 1. The predicted molar refractivity (Wildman–Crippen MR) is 111 cm³/mol. The van der Waals surface area contributed by atoms with Crippen molar-refractivity contribution >= 4 is 28.6 Å². The fourth-order valence-electron chi connectivity index (χ4n) is 3.46. The summed E-state index contributed by atoms with van der Waals surface area (Å²) in [7, 11) is 0. The smallest absolute Gasteiger partial charge is 0.230 e. The fraction of sp³-hybridized carbons (Fsp3) is 0.318. The van der Waals surface area contributed by atoms with Crippen molar-refractivity contribution in [3.05, 3.63) is 54.1 Å². The molecule has 1 amide bonds. The van der Waals surface area contributed by atoms with Crippen LogP contribution < -0.4 is 15.0 Å². The Labute approximate surface area is 164 Å². The standard InChI is InChI=1S/C22H24N4O2/c1-2-28-17-11-9-16(10-12-17)15-20(27)25-21-22(26-13-5-6-14-26)24-19-8-4-3-7-18(19)23-21/h3-4,7-12H,2,5-6,13-15H2,1H3,(H,23,25,27). The first-order valence-electron chi connectivity index (χ1n) is 9.76. The number of nitrogens with one attached hydrogen (secondary N) is 1. The van der Waals surface area contributed by atoms with Gasteiger partial charge in [-0.2, -0.15) is 0 Å². The van der Waals surface area contributed by atoms with E-state index >= 15 is 0 Å². The van der Waals surface area contributed by atoms with Crippen molar-refractivity contribution in [1.29, 1.82) is 0 Å². The zero-order valence-electron chi connectivity index (χ0n) is 16.0. The van der Waals surface area contributed by atoms with Crippen LogP contribution in [0.1, 0.15) is 25.3 Å². The van der Waals surface area contributed by atoms with E-state index < -0.39 is 0 Å². The van der Waals surface area contributed by atoms with Crippen molar-refractivity contribution in [3.8, 4) is 5.75 Å². The molecule has 1 N–H and O–H groups in total. The Morgan fingerprint density at radius 3 is 2.39 bits per heavy atom. The number of rotatable bonds is 6. The summed E-state index contributed by atoms with van der Waals surface area (Å²) >= 11 is 0. The van der Waals surface area contributed by atoms with Gasteiger partial charge in [-0.1, -0.05) is 24.3 Å². The maximum absolute atomic E-state index is 12.7. The highest BCUT2D eigenvalue weighted by atomic mass is 16.5. The summed E-state index contributed by atoms with van der Waals surface area (Å²) in [4.78, 5) is 24.3. The van der Waals surface area contributed by atoms with Crippen LogP contribution in [-0.4, -0.2) is 35.6 Å². The monoisotopic (exact) mass is 376 g/mol. The summed E-state index contributed by atoms with van der Waals surface area (Å²) in [5, 5.41) is 2.98. The van der Waals surface area contributed by atoms with E-state index in [-0.39, 0.29) is 12.3 Å². The molecule has 0 radical (unpaired) electrons. The zero-order valence-corrected chi connectivity index (χ0v) is 16.0. The summed E-state index contributed by atoms with van der Waals surface area (Å²) in [5.41, 5.74) is 2.55. The lowest BCUT2D eigenvalue weighted by Gasteiger charge is -2.20. The lowest BCUT2D eigenvalue weighted by Crippen LogP contribution is -2.24. The number of ether oxygens (including phenoxy) is 1. The van der Waals surface area contributed by atoms with E-state index in [1.54, 1.807) is 0 Å². The molecule has 6 nitrogen and oxygen atoms in total.